The highest BCUT2D eigenvalue weighted by Gasteiger charge is 2.39. The van der Waals surface area contributed by atoms with Crippen LogP contribution in [0.4, 0.5) is 36.8 Å². The molecule has 0 unspecified atom stereocenters. The van der Waals surface area contributed by atoms with Gasteiger partial charge in [-0.3, -0.25) is 14.6 Å². The van der Waals surface area contributed by atoms with Crippen molar-refractivity contribution in [2.45, 2.75) is 45.5 Å². The fourth-order valence-corrected chi connectivity index (χ4v) is 3.47. The summed E-state index contributed by atoms with van der Waals surface area (Å²) in [5, 5.41) is 0. The number of esters is 1. The lowest BCUT2D eigenvalue weighted by Crippen LogP contribution is -2.40. The second-order valence-electron chi connectivity index (χ2n) is 8.55. The summed E-state index contributed by atoms with van der Waals surface area (Å²) in [5.74, 6) is -2.84. The van der Waals surface area contributed by atoms with Crippen molar-refractivity contribution in [1.82, 2.24) is 4.90 Å². The molecule has 0 N–H and O–H groups in total. The first-order valence-corrected chi connectivity index (χ1v) is 11.1. The van der Waals surface area contributed by atoms with Crippen LogP contribution in [0.25, 0.3) is 0 Å². The number of urea groups is 1. The van der Waals surface area contributed by atoms with E-state index in [1.54, 1.807) is 6.92 Å². The molecule has 0 bridgehead atoms. The van der Waals surface area contributed by atoms with Gasteiger partial charge in [0.1, 0.15) is 6.54 Å². The maximum absolute atomic E-state index is 13.1. The Morgan fingerprint density at radius 1 is 0.921 bits per heavy atom. The van der Waals surface area contributed by atoms with Gasteiger partial charge in [-0.2, -0.15) is 13.2 Å². The number of alkyl halides is 6. The van der Waals surface area contributed by atoms with E-state index >= 15 is 0 Å². The highest BCUT2D eigenvalue weighted by molar-refractivity contribution is 6.12. The topological polar surface area (TPSA) is 85.4 Å². The molecular formula is C24H22F6N2O6. The summed E-state index contributed by atoms with van der Waals surface area (Å²) in [7, 11) is 0. The minimum Gasteiger partial charge on any atom is -0.472 e. The minimum atomic E-state index is -5.14. The van der Waals surface area contributed by atoms with Crippen molar-refractivity contribution in [3.05, 3.63) is 53.6 Å². The second-order valence-corrected chi connectivity index (χ2v) is 8.55. The lowest BCUT2D eigenvalue weighted by Gasteiger charge is -2.26. The number of amides is 3. The summed E-state index contributed by atoms with van der Waals surface area (Å²) in [6.07, 6.45) is -9.73. The predicted octanol–water partition coefficient (Wildman–Crippen LogP) is 5.29. The molecule has 0 atom stereocenters. The number of rotatable bonds is 8. The molecule has 206 valence electrons. The molecule has 1 fully saturated rings. The van der Waals surface area contributed by atoms with E-state index in [2.05, 4.69) is 4.74 Å². The van der Waals surface area contributed by atoms with Gasteiger partial charge in [0.2, 0.25) is 0 Å². The predicted molar refractivity (Wildman–Crippen MR) is 119 cm³/mol. The number of benzene rings is 2. The average Bonchev–Trinajstić information content (AvgIpc) is 3.07. The Morgan fingerprint density at radius 3 is 2.11 bits per heavy atom. The standard InChI is InChI=1S/C24H22F6N2O6/c1-4-36-20(34)22(2,3)37-17-10-5-14(11-18(17)38-24(28,29)30)12-32-19(33)13-31(21(32)35)16-8-6-15(7-9-16)23(25,26)27/h5-11H,4,12-13H2,1-3H3. The van der Waals surface area contributed by atoms with Crippen LogP contribution in [-0.2, 0) is 27.0 Å². The van der Waals surface area contributed by atoms with Gasteiger partial charge < -0.3 is 14.2 Å². The molecule has 0 radical (unpaired) electrons. The largest absolute Gasteiger partial charge is 0.573 e. The Labute approximate surface area is 212 Å². The fourth-order valence-electron chi connectivity index (χ4n) is 3.47. The minimum absolute atomic E-state index is 0.0118. The van der Waals surface area contributed by atoms with E-state index in [9.17, 15) is 40.7 Å². The Balaban J connectivity index is 1.84. The Bertz CT molecular complexity index is 1210. The number of nitrogens with zero attached hydrogens (tertiary/aromatic N) is 2. The summed E-state index contributed by atoms with van der Waals surface area (Å²) >= 11 is 0. The van der Waals surface area contributed by atoms with Crippen LogP contribution >= 0.6 is 0 Å². The third-order valence-corrected chi connectivity index (χ3v) is 5.27. The van der Waals surface area contributed by atoms with Crippen LogP contribution < -0.4 is 14.4 Å². The molecular weight excluding hydrogens is 526 g/mol. The number of anilines is 1. The lowest BCUT2D eigenvalue weighted by molar-refractivity contribution is -0.275. The van der Waals surface area contributed by atoms with Crippen LogP contribution in [0.1, 0.15) is 31.9 Å². The lowest BCUT2D eigenvalue weighted by atomic mass is 10.1. The van der Waals surface area contributed by atoms with Crippen molar-refractivity contribution in [2.24, 2.45) is 0 Å². The van der Waals surface area contributed by atoms with E-state index in [4.69, 9.17) is 9.47 Å². The molecule has 3 amide bonds. The molecule has 2 aromatic rings. The zero-order chi connectivity index (χ0) is 28.5. The van der Waals surface area contributed by atoms with Crippen molar-refractivity contribution in [2.75, 3.05) is 18.1 Å². The van der Waals surface area contributed by atoms with Crippen molar-refractivity contribution < 1.29 is 54.9 Å². The van der Waals surface area contributed by atoms with Gasteiger partial charge in [-0.25, -0.2) is 9.59 Å². The van der Waals surface area contributed by atoms with Crippen molar-refractivity contribution in [3.63, 3.8) is 0 Å². The number of hydrogen-bond donors (Lipinski definition) is 0. The zero-order valence-electron chi connectivity index (χ0n) is 20.3. The molecule has 0 saturated carbocycles. The molecule has 1 aliphatic rings. The van der Waals surface area contributed by atoms with Crippen LogP contribution in [0.15, 0.2) is 42.5 Å². The zero-order valence-corrected chi connectivity index (χ0v) is 20.3. The number of imide groups is 1. The monoisotopic (exact) mass is 548 g/mol. The van der Waals surface area contributed by atoms with Crippen LogP contribution in [0.2, 0.25) is 0 Å². The van der Waals surface area contributed by atoms with Crippen LogP contribution in [0.3, 0.4) is 0 Å². The van der Waals surface area contributed by atoms with E-state index in [1.165, 1.54) is 19.9 Å². The molecule has 8 nitrogen and oxygen atoms in total. The van der Waals surface area contributed by atoms with E-state index < -0.39 is 66.2 Å². The Kier molecular flexibility index (Phi) is 7.84. The Hall–Kier alpha value is -3.97. The molecule has 38 heavy (non-hydrogen) atoms. The van der Waals surface area contributed by atoms with Crippen LogP contribution in [-0.4, -0.2) is 47.9 Å². The molecule has 1 aliphatic heterocycles. The summed E-state index contributed by atoms with van der Waals surface area (Å²) in [5.41, 5.74) is -2.54. The van der Waals surface area contributed by atoms with Crippen LogP contribution in [0.5, 0.6) is 11.5 Å². The number of carbonyl (C=O) groups is 3. The molecule has 3 rings (SSSR count). The SMILES string of the molecule is CCOC(=O)C(C)(C)Oc1ccc(CN2C(=O)CN(c3ccc(C(F)(F)F)cc3)C2=O)cc1OC(F)(F)F. The van der Waals surface area contributed by atoms with E-state index in [1.807, 2.05) is 0 Å². The highest BCUT2D eigenvalue weighted by Crippen LogP contribution is 2.37. The first-order valence-electron chi connectivity index (χ1n) is 11.1. The Morgan fingerprint density at radius 2 is 1.55 bits per heavy atom. The third-order valence-electron chi connectivity index (χ3n) is 5.27. The van der Waals surface area contributed by atoms with E-state index in [-0.39, 0.29) is 17.9 Å². The van der Waals surface area contributed by atoms with E-state index in [0.29, 0.717) is 0 Å². The summed E-state index contributed by atoms with van der Waals surface area (Å²) in [4.78, 5) is 39.1. The highest BCUT2D eigenvalue weighted by atomic mass is 19.4. The number of carbonyl (C=O) groups excluding carboxylic acids is 3. The number of ether oxygens (including phenoxy) is 3. The molecule has 1 saturated heterocycles. The number of hydrogen-bond acceptors (Lipinski definition) is 6. The first kappa shape index (κ1) is 28.6. The summed E-state index contributed by atoms with van der Waals surface area (Å²) < 4.78 is 92.0. The van der Waals surface area contributed by atoms with Gasteiger partial charge in [-0.05, 0) is 62.7 Å². The van der Waals surface area contributed by atoms with Gasteiger partial charge in [-0.1, -0.05) is 6.07 Å². The van der Waals surface area contributed by atoms with Crippen molar-refractivity contribution >= 4 is 23.6 Å². The molecule has 2 aromatic carbocycles. The molecule has 0 aromatic heterocycles. The third kappa shape index (κ3) is 6.66. The normalized spacial score (nSPS) is 14.7. The summed E-state index contributed by atoms with van der Waals surface area (Å²) in [6, 6.07) is 5.94. The average molecular weight is 548 g/mol. The van der Waals surface area contributed by atoms with E-state index in [0.717, 1.165) is 46.2 Å². The maximum Gasteiger partial charge on any atom is 0.573 e. The first-order chi connectivity index (χ1) is 17.5. The molecule has 0 spiro atoms. The molecule has 14 heteroatoms. The smallest absolute Gasteiger partial charge is 0.472 e. The van der Waals surface area contributed by atoms with Gasteiger partial charge in [0.05, 0.1) is 18.7 Å². The molecule has 1 heterocycles. The number of halogens is 6. The van der Waals surface area contributed by atoms with Gasteiger partial charge in [0.25, 0.3) is 5.91 Å². The maximum atomic E-state index is 13.1. The fraction of sp³-hybridized carbons (Fsp3) is 0.375. The van der Waals surface area contributed by atoms with Gasteiger partial charge in [0.15, 0.2) is 17.1 Å². The van der Waals surface area contributed by atoms with Gasteiger partial charge in [-0.15, -0.1) is 13.2 Å². The molecule has 0 aliphatic carbocycles. The second kappa shape index (κ2) is 10.4. The van der Waals surface area contributed by atoms with Crippen molar-refractivity contribution in [1.29, 1.82) is 0 Å². The quantitative estimate of drug-likeness (QED) is 0.253. The van der Waals surface area contributed by atoms with Crippen molar-refractivity contribution in [3.8, 4) is 11.5 Å². The van der Waals surface area contributed by atoms with Gasteiger partial charge in [0, 0.05) is 5.69 Å². The van der Waals surface area contributed by atoms with Gasteiger partial charge >= 0.3 is 24.5 Å². The summed E-state index contributed by atoms with van der Waals surface area (Å²) in [6.45, 7) is 3.18. The van der Waals surface area contributed by atoms with Crippen LogP contribution in [0, 0.1) is 0 Å².